The van der Waals surface area contributed by atoms with Gasteiger partial charge in [-0.2, -0.15) is 0 Å². The fourth-order valence-corrected chi connectivity index (χ4v) is 3.82. The molecule has 0 radical (unpaired) electrons. The summed E-state index contributed by atoms with van der Waals surface area (Å²) in [5.41, 5.74) is 6.14. The van der Waals surface area contributed by atoms with E-state index >= 15 is 0 Å². The van der Waals surface area contributed by atoms with Gasteiger partial charge in [-0.05, 0) is 25.0 Å². The molecule has 1 atom stereocenters. The topological polar surface area (TPSA) is 92.7 Å². The number of aromatic nitrogens is 1. The average Bonchev–Trinajstić information content (AvgIpc) is 3.10. The molecule has 3 heterocycles. The predicted molar refractivity (Wildman–Crippen MR) is 94.9 cm³/mol. The van der Waals surface area contributed by atoms with Crippen molar-refractivity contribution in [1.29, 1.82) is 0 Å². The summed E-state index contributed by atoms with van der Waals surface area (Å²) in [6, 6.07) is 2.58. The number of piperidine rings is 1. The van der Waals surface area contributed by atoms with Crippen molar-refractivity contribution in [2.75, 3.05) is 19.6 Å². The summed E-state index contributed by atoms with van der Waals surface area (Å²) in [5, 5.41) is 0. The molecule has 1 saturated heterocycles. The predicted octanol–water partition coefficient (Wildman–Crippen LogP) is 2.30. The molecule has 1 fully saturated rings. The van der Waals surface area contributed by atoms with E-state index in [-0.39, 0.29) is 29.8 Å². The summed E-state index contributed by atoms with van der Waals surface area (Å²) >= 11 is 0. The highest BCUT2D eigenvalue weighted by molar-refractivity contribution is 5.81. The van der Waals surface area contributed by atoms with Crippen LogP contribution in [0.5, 0.6) is 0 Å². The molecule has 1 aromatic carbocycles. The minimum absolute atomic E-state index is 0.0436. The molecule has 2 N–H and O–H groups in total. The van der Waals surface area contributed by atoms with Crippen LogP contribution in [0.1, 0.15) is 24.3 Å². The zero-order chi connectivity index (χ0) is 19.8. The molecule has 2 aliphatic rings. The highest BCUT2D eigenvalue weighted by Gasteiger charge is 2.33. The monoisotopic (exact) mass is 390 g/mol. The third-order valence-electron chi connectivity index (χ3n) is 5.23. The van der Waals surface area contributed by atoms with E-state index in [0.29, 0.717) is 43.9 Å². The Hall–Kier alpha value is -2.97. The average molecular weight is 390 g/mol. The number of carbonyl (C=O) groups is 2. The Kier molecular flexibility index (Phi) is 4.74. The second kappa shape index (κ2) is 7.21. The lowest BCUT2D eigenvalue weighted by molar-refractivity contribution is -0.138. The Morgan fingerprint density at radius 3 is 2.61 bits per heavy atom. The van der Waals surface area contributed by atoms with Crippen molar-refractivity contribution in [2.45, 2.75) is 25.8 Å². The highest BCUT2D eigenvalue weighted by Crippen LogP contribution is 2.29. The van der Waals surface area contributed by atoms with E-state index in [2.05, 4.69) is 4.98 Å². The van der Waals surface area contributed by atoms with Crippen LogP contribution in [0.3, 0.4) is 0 Å². The molecule has 0 bridgehead atoms. The quantitative estimate of drug-likeness (QED) is 0.852. The molecule has 2 aromatic rings. The summed E-state index contributed by atoms with van der Waals surface area (Å²) in [4.78, 5) is 31.8. The molecule has 3 amide bonds. The lowest BCUT2D eigenvalue weighted by Crippen LogP contribution is -2.49. The van der Waals surface area contributed by atoms with Crippen molar-refractivity contribution < 1.29 is 22.8 Å². The van der Waals surface area contributed by atoms with Gasteiger partial charge in [-0.3, -0.25) is 4.79 Å². The normalized spacial score (nSPS) is 19.4. The molecule has 28 heavy (non-hydrogen) atoms. The second-order valence-electron chi connectivity index (χ2n) is 7.18. The lowest BCUT2D eigenvalue weighted by atomic mass is 9.96. The van der Waals surface area contributed by atoms with Crippen LogP contribution in [0.25, 0.3) is 11.5 Å². The van der Waals surface area contributed by atoms with Crippen LogP contribution in [0.4, 0.5) is 13.6 Å². The number of nitrogens with two attached hydrogens (primary N) is 1. The standard InChI is InChI=1S/C19H20F2N4O3/c20-13-6-12(7-14(21)8-13)17-23-15-10-24(5-3-16(15)28-17)18(26)11-2-1-4-25(9-11)19(22)27/h6-8,11H,1-5,9-10H2,(H2,22,27). The maximum absolute atomic E-state index is 13.5. The van der Waals surface area contributed by atoms with Gasteiger partial charge in [0.05, 0.1) is 12.5 Å². The first-order valence-electron chi connectivity index (χ1n) is 9.19. The zero-order valence-electron chi connectivity index (χ0n) is 15.2. The zero-order valence-corrected chi connectivity index (χ0v) is 15.2. The lowest BCUT2D eigenvalue weighted by Gasteiger charge is -2.35. The van der Waals surface area contributed by atoms with E-state index in [1.54, 1.807) is 4.90 Å². The summed E-state index contributed by atoms with van der Waals surface area (Å²) in [6.07, 6.45) is 1.91. The molecule has 0 spiro atoms. The summed E-state index contributed by atoms with van der Waals surface area (Å²) in [7, 11) is 0. The van der Waals surface area contributed by atoms with Gasteiger partial charge >= 0.3 is 6.03 Å². The molecule has 0 aliphatic carbocycles. The summed E-state index contributed by atoms with van der Waals surface area (Å²) < 4.78 is 32.6. The van der Waals surface area contributed by atoms with E-state index in [4.69, 9.17) is 10.2 Å². The number of amides is 3. The maximum atomic E-state index is 13.5. The number of carbonyl (C=O) groups excluding carboxylic acids is 2. The van der Waals surface area contributed by atoms with E-state index in [1.165, 1.54) is 4.90 Å². The number of nitrogens with zero attached hydrogens (tertiary/aromatic N) is 3. The van der Waals surface area contributed by atoms with Gasteiger partial charge in [0.15, 0.2) is 0 Å². The Morgan fingerprint density at radius 2 is 1.89 bits per heavy atom. The fourth-order valence-electron chi connectivity index (χ4n) is 3.82. The minimum atomic E-state index is -0.709. The van der Waals surface area contributed by atoms with Crippen LogP contribution in [0, 0.1) is 17.6 Å². The molecule has 1 aromatic heterocycles. The van der Waals surface area contributed by atoms with Crippen LogP contribution >= 0.6 is 0 Å². The Morgan fingerprint density at radius 1 is 1.14 bits per heavy atom. The van der Waals surface area contributed by atoms with Crippen molar-refractivity contribution in [3.8, 4) is 11.5 Å². The van der Waals surface area contributed by atoms with Crippen molar-refractivity contribution in [3.63, 3.8) is 0 Å². The number of urea groups is 1. The SMILES string of the molecule is NC(=O)N1CCCC(C(=O)N2CCc3oc(-c4cc(F)cc(F)c4)nc3C2)C1. The van der Waals surface area contributed by atoms with Gasteiger partial charge in [0.25, 0.3) is 0 Å². The Labute approximate surface area is 160 Å². The van der Waals surface area contributed by atoms with Gasteiger partial charge in [-0.25, -0.2) is 18.6 Å². The van der Waals surface area contributed by atoms with Gasteiger partial charge in [-0.15, -0.1) is 0 Å². The molecule has 2 aliphatic heterocycles. The molecular formula is C19H20F2N4O3. The van der Waals surface area contributed by atoms with Crippen molar-refractivity contribution in [2.24, 2.45) is 11.7 Å². The van der Waals surface area contributed by atoms with Crippen molar-refractivity contribution in [1.82, 2.24) is 14.8 Å². The molecular weight excluding hydrogens is 370 g/mol. The number of oxazole rings is 1. The van der Waals surface area contributed by atoms with Gasteiger partial charge < -0.3 is 20.0 Å². The van der Waals surface area contributed by atoms with E-state index in [1.807, 2.05) is 0 Å². The first kappa shape index (κ1) is 18.4. The first-order valence-corrected chi connectivity index (χ1v) is 9.19. The van der Waals surface area contributed by atoms with Crippen LogP contribution < -0.4 is 5.73 Å². The van der Waals surface area contributed by atoms with Crippen LogP contribution in [-0.2, 0) is 17.8 Å². The fraction of sp³-hybridized carbons (Fsp3) is 0.421. The number of primary amides is 1. The number of rotatable bonds is 2. The Bertz CT molecular complexity index is 910. The van der Waals surface area contributed by atoms with Crippen LogP contribution in [0.15, 0.2) is 22.6 Å². The molecule has 4 rings (SSSR count). The smallest absolute Gasteiger partial charge is 0.314 e. The molecule has 7 nitrogen and oxygen atoms in total. The maximum Gasteiger partial charge on any atom is 0.314 e. The van der Waals surface area contributed by atoms with Crippen molar-refractivity contribution in [3.05, 3.63) is 41.3 Å². The summed E-state index contributed by atoms with van der Waals surface area (Å²) in [6.45, 7) is 1.62. The number of halogens is 2. The molecule has 1 unspecified atom stereocenters. The van der Waals surface area contributed by atoms with Crippen LogP contribution in [0.2, 0.25) is 0 Å². The van der Waals surface area contributed by atoms with Gasteiger partial charge in [0, 0.05) is 37.7 Å². The van der Waals surface area contributed by atoms with E-state index < -0.39 is 17.7 Å². The van der Waals surface area contributed by atoms with Crippen molar-refractivity contribution >= 4 is 11.9 Å². The van der Waals surface area contributed by atoms with Gasteiger partial charge in [-0.1, -0.05) is 0 Å². The van der Waals surface area contributed by atoms with E-state index in [0.717, 1.165) is 24.6 Å². The second-order valence-corrected chi connectivity index (χ2v) is 7.18. The number of benzene rings is 1. The van der Waals surface area contributed by atoms with Gasteiger partial charge in [0.1, 0.15) is 23.1 Å². The molecule has 148 valence electrons. The third-order valence-corrected chi connectivity index (χ3v) is 5.23. The summed E-state index contributed by atoms with van der Waals surface area (Å²) in [5.74, 6) is -0.996. The number of likely N-dealkylation sites (tertiary alicyclic amines) is 1. The molecule has 9 heteroatoms. The highest BCUT2D eigenvalue weighted by atomic mass is 19.1. The van der Waals surface area contributed by atoms with E-state index in [9.17, 15) is 18.4 Å². The van der Waals surface area contributed by atoms with Gasteiger partial charge in [0.2, 0.25) is 11.8 Å². The number of hydrogen-bond donors (Lipinski definition) is 1. The molecule has 0 saturated carbocycles. The van der Waals surface area contributed by atoms with Crippen LogP contribution in [-0.4, -0.2) is 46.4 Å². The number of fused-ring (bicyclic) bond motifs is 1. The Balaban J connectivity index is 1.50. The number of hydrogen-bond acceptors (Lipinski definition) is 4. The largest absolute Gasteiger partial charge is 0.441 e. The minimum Gasteiger partial charge on any atom is -0.441 e. The first-order chi connectivity index (χ1) is 13.4. The third kappa shape index (κ3) is 3.56.